The van der Waals surface area contributed by atoms with E-state index in [0.29, 0.717) is 0 Å². The summed E-state index contributed by atoms with van der Waals surface area (Å²) < 4.78 is 0. The molecule has 1 aromatic rings. The van der Waals surface area contributed by atoms with Gasteiger partial charge in [0.15, 0.2) is 0 Å². The van der Waals surface area contributed by atoms with Crippen molar-refractivity contribution in [2.45, 2.75) is 13.8 Å². The van der Waals surface area contributed by atoms with Crippen LogP contribution in [0.3, 0.4) is 0 Å². The van der Waals surface area contributed by atoms with Gasteiger partial charge >= 0.3 is 0 Å². The highest BCUT2D eigenvalue weighted by Gasteiger charge is 1.81. The van der Waals surface area contributed by atoms with Crippen molar-refractivity contribution in [2.24, 2.45) is 0 Å². The first-order valence-corrected chi connectivity index (χ1v) is 2.68. The summed E-state index contributed by atoms with van der Waals surface area (Å²) in [5, 5.41) is 0. The molecule has 0 saturated heterocycles. The van der Waals surface area contributed by atoms with Crippen molar-refractivity contribution in [2.75, 3.05) is 0 Å². The zero-order valence-electron chi connectivity index (χ0n) is 5.59. The van der Waals surface area contributed by atoms with Gasteiger partial charge in [-0.05, 0) is 25.5 Å². The van der Waals surface area contributed by atoms with E-state index in [-0.39, 0.29) is 24.0 Å². The second-order valence-corrected chi connectivity index (χ2v) is 1.98. The molecule has 0 spiro atoms. The second kappa shape index (κ2) is 3.82. The molecule has 50 valence electrons. The van der Waals surface area contributed by atoms with E-state index in [4.69, 9.17) is 0 Å². The van der Waals surface area contributed by atoms with Crippen LogP contribution in [0.2, 0.25) is 0 Å². The van der Waals surface area contributed by atoms with Crippen LogP contribution in [0.25, 0.3) is 0 Å². The molecule has 0 aromatic carbocycles. The third kappa shape index (κ3) is 2.79. The van der Waals surface area contributed by atoms with Crippen molar-refractivity contribution < 1.29 is 0 Å². The van der Waals surface area contributed by atoms with Crippen molar-refractivity contribution in [3.05, 3.63) is 29.6 Å². The van der Waals surface area contributed by atoms with Crippen LogP contribution in [0.5, 0.6) is 0 Å². The predicted molar refractivity (Wildman–Crippen MR) is 49.1 cm³/mol. The molecule has 0 unspecified atom stereocenters. The molecular formula is C7H10IN. The van der Waals surface area contributed by atoms with Crippen LogP contribution in [0.1, 0.15) is 11.3 Å². The molecule has 1 aromatic heterocycles. The van der Waals surface area contributed by atoms with Gasteiger partial charge in [-0.3, -0.25) is 4.98 Å². The normalized spacial score (nSPS) is 8.22. The van der Waals surface area contributed by atoms with E-state index in [1.54, 1.807) is 0 Å². The van der Waals surface area contributed by atoms with Gasteiger partial charge in [0.05, 0.1) is 0 Å². The fourth-order valence-electron chi connectivity index (χ4n) is 0.542. The second-order valence-electron chi connectivity index (χ2n) is 1.98. The number of aromatic nitrogens is 1. The van der Waals surface area contributed by atoms with Gasteiger partial charge in [0, 0.05) is 11.9 Å². The first-order chi connectivity index (χ1) is 3.79. The molecule has 0 fully saturated rings. The highest BCUT2D eigenvalue weighted by Crippen LogP contribution is 1.94. The average molecular weight is 235 g/mol. The quantitative estimate of drug-likeness (QED) is 0.629. The monoisotopic (exact) mass is 235 g/mol. The zero-order chi connectivity index (χ0) is 5.98. The smallest absolute Gasteiger partial charge is 0.0372 e. The van der Waals surface area contributed by atoms with Crippen molar-refractivity contribution in [3.63, 3.8) is 0 Å². The molecule has 0 aliphatic heterocycles. The molecule has 1 rings (SSSR count). The van der Waals surface area contributed by atoms with Gasteiger partial charge in [-0.2, -0.15) is 0 Å². The van der Waals surface area contributed by atoms with Crippen molar-refractivity contribution >= 4 is 24.0 Å². The van der Waals surface area contributed by atoms with Gasteiger partial charge in [0.25, 0.3) is 0 Å². The molecule has 0 atom stereocenters. The van der Waals surface area contributed by atoms with Crippen LogP contribution in [-0.2, 0) is 0 Å². The summed E-state index contributed by atoms with van der Waals surface area (Å²) in [7, 11) is 0. The summed E-state index contributed by atoms with van der Waals surface area (Å²) in [4.78, 5) is 4.08. The lowest BCUT2D eigenvalue weighted by Crippen LogP contribution is -1.78. The highest BCUT2D eigenvalue weighted by atomic mass is 127. The maximum atomic E-state index is 4.08. The van der Waals surface area contributed by atoms with Crippen LogP contribution in [0.4, 0.5) is 0 Å². The van der Waals surface area contributed by atoms with E-state index < -0.39 is 0 Å². The molecule has 0 saturated carbocycles. The van der Waals surface area contributed by atoms with Crippen molar-refractivity contribution in [1.29, 1.82) is 0 Å². The highest BCUT2D eigenvalue weighted by molar-refractivity contribution is 14.0. The molecule has 0 radical (unpaired) electrons. The Labute approximate surface area is 72.5 Å². The fourth-order valence-corrected chi connectivity index (χ4v) is 0.542. The van der Waals surface area contributed by atoms with E-state index in [1.165, 1.54) is 5.56 Å². The van der Waals surface area contributed by atoms with E-state index in [1.807, 2.05) is 26.1 Å². The Morgan fingerprint density at radius 1 is 1.22 bits per heavy atom. The summed E-state index contributed by atoms with van der Waals surface area (Å²) in [5.74, 6) is 0. The third-order valence-corrected chi connectivity index (χ3v) is 1.06. The van der Waals surface area contributed by atoms with E-state index >= 15 is 0 Å². The summed E-state index contributed by atoms with van der Waals surface area (Å²) in [6.07, 6.45) is 1.87. The molecule has 2 heteroatoms. The summed E-state index contributed by atoms with van der Waals surface area (Å²) in [6.45, 7) is 4.02. The number of rotatable bonds is 0. The number of aryl methyl sites for hydroxylation is 2. The number of pyridine rings is 1. The van der Waals surface area contributed by atoms with Crippen LogP contribution in [0.15, 0.2) is 18.3 Å². The largest absolute Gasteiger partial charge is 0.261 e. The molecule has 1 heterocycles. The maximum Gasteiger partial charge on any atom is 0.0372 e. The lowest BCUT2D eigenvalue weighted by atomic mass is 10.3. The Bertz CT molecular complexity index is 148. The van der Waals surface area contributed by atoms with Gasteiger partial charge in [0.2, 0.25) is 0 Å². The van der Waals surface area contributed by atoms with Gasteiger partial charge in [-0.1, -0.05) is 6.07 Å². The van der Waals surface area contributed by atoms with Crippen LogP contribution < -0.4 is 0 Å². The molecule has 0 amide bonds. The van der Waals surface area contributed by atoms with Crippen LogP contribution in [0, 0.1) is 13.8 Å². The Morgan fingerprint density at radius 3 is 2.22 bits per heavy atom. The van der Waals surface area contributed by atoms with Gasteiger partial charge in [-0.25, -0.2) is 0 Å². The molecule has 0 bridgehead atoms. The molecule has 9 heavy (non-hydrogen) atoms. The minimum absolute atomic E-state index is 0. The van der Waals surface area contributed by atoms with Crippen molar-refractivity contribution in [1.82, 2.24) is 4.98 Å². The van der Waals surface area contributed by atoms with Crippen molar-refractivity contribution in [3.8, 4) is 0 Å². The standard InChI is InChI=1S/C7H9N.HI/c1-6-3-4-7(2)8-5-6;/h3-5H,1-2H3;1H. The van der Waals surface area contributed by atoms with Gasteiger partial charge in [0.1, 0.15) is 0 Å². The Morgan fingerprint density at radius 2 is 1.89 bits per heavy atom. The number of nitrogens with zero attached hydrogens (tertiary/aromatic N) is 1. The Hall–Kier alpha value is -0.120. The average Bonchev–Trinajstić information content (AvgIpc) is 1.77. The molecule has 1 nitrogen and oxygen atoms in total. The van der Waals surface area contributed by atoms with Crippen LogP contribution >= 0.6 is 24.0 Å². The first kappa shape index (κ1) is 8.88. The predicted octanol–water partition coefficient (Wildman–Crippen LogP) is 2.32. The third-order valence-electron chi connectivity index (χ3n) is 1.06. The SMILES string of the molecule is Cc1ccc(C)nc1.I. The minimum atomic E-state index is 0. The van der Waals surface area contributed by atoms with Crippen LogP contribution in [-0.4, -0.2) is 4.98 Å². The molecule has 0 N–H and O–H groups in total. The maximum absolute atomic E-state index is 4.08. The molecule has 0 aliphatic carbocycles. The summed E-state index contributed by atoms with van der Waals surface area (Å²) in [6, 6.07) is 4.07. The van der Waals surface area contributed by atoms with E-state index in [9.17, 15) is 0 Å². The zero-order valence-corrected chi connectivity index (χ0v) is 7.92. The number of halogens is 1. The minimum Gasteiger partial charge on any atom is -0.261 e. The van der Waals surface area contributed by atoms with E-state index in [0.717, 1.165) is 5.69 Å². The van der Waals surface area contributed by atoms with Gasteiger partial charge < -0.3 is 0 Å². The number of hydrogen-bond donors (Lipinski definition) is 0. The number of hydrogen-bond acceptors (Lipinski definition) is 1. The van der Waals surface area contributed by atoms with Gasteiger partial charge in [-0.15, -0.1) is 24.0 Å². The lowest BCUT2D eigenvalue weighted by molar-refractivity contribution is 1.17. The summed E-state index contributed by atoms with van der Waals surface area (Å²) >= 11 is 0. The topological polar surface area (TPSA) is 12.9 Å². The molecular weight excluding hydrogens is 225 g/mol. The summed E-state index contributed by atoms with van der Waals surface area (Å²) in [5.41, 5.74) is 2.30. The molecule has 0 aliphatic rings. The lowest BCUT2D eigenvalue weighted by Gasteiger charge is -1.89. The Balaban J connectivity index is 0.000000640. The first-order valence-electron chi connectivity index (χ1n) is 2.68. The fraction of sp³-hybridized carbons (Fsp3) is 0.286. The van der Waals surface area contributed by atoms with E-state index in [2.05, 4.69) is 11.1 Å². The Kier molecular flexibility index (Phi) is 3.77.